The highest BCUT2D eigenvalue weighted by molar-refractivity contribution is 4.84. The minimum absolute atomic E-state index is 0.611. The Balaban J connectivity index is 2.40. The molecule has 0 N–H and O–H groups in total. The van der Waals surface area contributed by atoms with Crippen LogP contribution in [0.15, 0.2) is 12.8 Å². The Labute approximate surface area is 70.1 Å². The molecule has 0 unspecified atom stereocenters. The van der Waals surface area contributed by atoms with Crippen molar-refractivity contribution in [2.75, 3.05) is 13.1 Å². The van der Waals surface area contributed by atoms with Gasteiger partial charge in [0, 0.05) is 13.1 Å². The zero-order valence-corrected chi connectivity index (χ0v) is 7.77. The molecule has 0 bridgehead atoms. The fourth-order valence-electron chi connectivity index (χ4n) is 1.60. The molecule has 0 aliphatic carbocycles. The predicted octanol–water partition coefficient (Wildman–Crippen LogP) is 2.64. The van der Waals surface area contributed by atoms with E-state index in [2.05, 4.69) is 25.3 Å². The Kier molecular flexibility index (Phi) is 2.58. The lowest BCUT2D eigenvalue weighted by Crippen LogP contribution is -2.35. The van der Waals surface area contributed by atoms with Gasteiger partial charge in [-0.1, -0.05) is 26.8 Å². The zero-order chi connectivity index (χ0) is 8.32. The lowest BCUT2D eigenvalue weighted by Gasteiger charge is -2.38. The summed E-state index contributed by atoms with van der Waals surface area (Å²) >= 11 is 0. The molecular formula is C10H19N. The van der Waals surface area contributed by atoms with Crippen LogP contribution in [0.3, 0.4) is 0 Å². The SMILES string of the molecule is C=CN1CCC(C)(CC)CC1. The van der Waals surface area contributed by atoms with Crippen molar-refractivity contribution in [1.82, 2.24) is 4.90 Å². The van der Waals surface area contributed by atoms with Crippen molar-refractivity contribution in [1.29, 1.82) is 0 Å². The third-order valence-electron chi connectivity index (χ3n) is 3.12. The largest absolute Gasteiger partial charge is 0.378 e. The molecule has 1 aliphatic heterocycles. The molecule has 0 radical (unpaired) electrons. The summed E-state index contributed by atoms with van der Waals surface area (Å²) in [6.07, 6.45) is 5.94. The topological polar surface area (TPSA) is 3.24 Å². The third kappa shape index (κ3) is 1.98. The summed E-state index contributed by atoms with van der Waals surface area (Å²) < 4.78 is 0. The van der Waals surface area contributed by atoms with Crippen molar-refractivity contribution in [3.05, 3.63) is 12.8 Å². The molecule has 1 fully saturated rings. The molecule has 11 heavy (non-hydrogen) atoms. The Hall–Kier alpha value is -0.460. The summed E-state index contributed by atoms with van der Waals surface area (Å²) in [6, 6.07) is 0. The van der Waals surface area contributed by atoms with Crippen LogP contribution in [-0.2, 0) is 0 Å². The van der Waals surface area contributed by atoms with Crippen molar-refractivity contribution in [2.45, 2.75) is 33.1 Å². The quantitative estimate of drug-likeness (QED) is 0.589. The number of hydrogen-bond acceptors (Lipinski definition) is 1. The third-order valence-corrected chi connectivity index (χ3v) is 3.12. The fraction of sp³-hybridized carbons (Fsp3) is 0.800. The number of likely N-dealkylation sites (tertiary alicyclic amines) is 1. The van der Waals surface area contributed by atoms with Crippen molar-refractivity contribution < 1.29 is 0 Å². The Morgan fingerprint density at radius 1 is 1.45 bits per heavy atom. The first-order chi connectivity index (χ1) is 5.20. The first-order valence-electron chi connectivity index (χ1n) is 4.57. The van der Waals surface area contributed by atoms with E-state index < -0.39 is 0 Å². The van der Waals surface area contributed by atoms with E-state index in [1.165, 1.54) is 32.4 Å². The van der Waals surface area contributed by atoms with Crippen LogP contribution in [-0.4, -0.2) is 18.0 Å². The van der Waals surface area contributed by atoms with Gasteiger partial charge in [0.2, 0.25) is 0 Å². The normalized spacial score (nSPS) is 23.3. The lowest BCUT2D eigenvalue weighted by atomic mass is 9.78. The highest BCUT2D eigenvalue weighted by Crippen LogP contribution is 2.33. The zero-order valence-electron chi connectivity index (χ0n) is 7.77. The van der Waals surface area contributed by atoms with Crippen molar-refractivity contribution in [2.24, 2.45) is 5.41 Å². The highest BCUT2D eigenvalue weighted by Gasteiger charge is 2.26. The van der Waals surface area contributed by atoms with E-state index in [0.717, 1.165) is 0 Å². The number of rotatable bonds is 2. The smallest absolute Gasteiger partial charge is 0.0177 e. The number of nitrogens with zero attached hydrogens (tertiary/aromatic N) is 1. The highest BCUT2D eigenvalue weighted by atomic mass is 15.1. The Bertz CT molecular complexity index is 132. The van der Waals surface area contributed by atoms with Crippen molar-refractivity contribution in [3.63, 3.8) is 0 Å². The van der Waals surface area contributed by atoms with Crippen LogP contribution in [0, 0.1) is 5.41 Å². The van der Waals surface area contributed by atoms with Crippen LogP contribution in [0.5, 0.6) is 0 Å². The summed E-state index contributed by atoms with van der Waals surface area (Å²) in [4.78, 5) is 2.32. The second-order valence-corrected chi connectivity index (χ2v) is 3.88. The maximum absolute atomic E-state index is 3.78. The van der Waals surface area contributed by atoms with E-state index in [1.807, 2.05) is 6.20 Å². The molecule has 1 heteroatoms. The average Bonchev–Trinajstić information content (AvgIpc) is 2.06. The molecule has 0 aromatic carbocycles. The molecule has 0 aromatic rings. The molecule has 0 amide bonds. The molecule has 0 spiro atoms. The molecule has 0 saturated carbocycles. The second-order valence-electron chi connectivity index (χ2n) is 3.88. The first kappa shape index (κ1) is 8.63. The van der Waals surface area contributed by atoms with Crippen LogP contribution < -0.4 is 0 Å². The van der Waals surface area contributed by atoms with Crippen molar-refractivity contribution in [3.8, 4) is 0 Å². The van der Waals surface area contributed by atoms with Crippen LogP contribution >= 0.6 is 0 Å². The van der Waals surface area contributed by atoms with E-state index in [9.17, 15) is 0 Å². The van der Waals surface area contributed by atoms with Gasteiger partial charge >= 0.3 is 0 Å². The standard InChI is InChI=1S/C10H19N/c1-4-10(3)6-8-11(5-2)9-7-10/h5H,2,4,6-9H2,1,3H3. The van der Waals surface area contributed by atoms with Gasteiger partial charge in [0.25, 0.3) is 0 Å². The molecule has 1 heterocycles. The first-order valence-corrected chi connectivity index (χ1v) is 4.57. The van der Waals surface area contributed by atoms with E-state index in [-0.39, 0.29) is 0 Å². The van der Waals surface area contributed by atoms with E-state index in [1.54, 1.807) is 0 Å². The van der Waals surface area contributed by atoms with Gasteiger partial charge in [-0.3, -0.25) is 0 Å². The van der Waals surface area contributed by atoms with Gasteiger partial charge in [-0.05, 0) is 24.5 Å². The van der Waals surface area contributed by atoms with E-state index in [4.69, 9.17) is 0 Å². The maximum atomic E-state index is 3.78. The van der Waals surface area contributed by atoms with Gasteiger partial charge in [-0.15, -0.1) is 0 Å². The molecule has 0 aromatic heterocycles. The minimum Gasteiger partial charge on any atom is -0.378 e. The molecule has 1 aliphatic rings. The summed E-state index contributed by atoms with van der Waals surface area (Å²) in [7, 11) is 0. The summed E-state index contributed by atoms with van der Waals surface area (Å²) in [5, 5.41) is 0. The Morgan fingerprint density at radius 3 is 2.36 bits per heavy atom. The lowest BCUT2D eigenvalue weighted by molar-refractivity contribution is 0.149. The van der Waals surface area contributed by atoms with Gasteiger partial charge in [0.15, 0.2) is 0 Å². The predicted molar refractivity (Wildman–Crippen MR) is 49.4 cm³/mol. The second kappa shape index (κ2) is 3.29. The molecule has 1 nitrogen and oxygen atoms in total. The van der Waals surface area contributed by atoms with Crippen LogP contribution in [0.1, 0.15) is 33.1 Å². The molecule has 1 rings (SSSR count). The average molecular weight is 153 g/mol. The van der Waals surface area contributed by atoms with Crippen molar-refractivity contribution >= 4 is 0 Å². The molecular weight excluding hydrogens is 134 g/mol. The molecule has 1 saturated heterocycles. The van der Waals surface area contributed by atoms with Crippen LogP contribution in [0.4, 0.5) is 0 Å². The Morgan fingerprint density at radius 2 is 2.00 bits per heavy atom. The monoisotopic (exact) mass is 153 g/mol. The van der Waals surface area contributed by atoms with Crippen LogP contribution in [0.2, 0.25) is 0 Å². The minimum atomic E-state index is 0.611. The molecule has 64 valence electrons. The summed E-state index contributed by atoms with van der Waals surface area (Å²) in [6.45, 7) is 10.9. The van der Waals surface area contributed by atoms with E-state index in [0.29, 0.717) is 5.41 Å². The fourth-order valence-corrected chi connectivity index (χ4v) is 1.60. The molecule has 0 atom stereocenters. The maximum Gasteiger partial charge on any atom is 0.0177 e. The number of piperidine rings is 1. The van der Waals surface area contributed by atoms with Gasteiger partial charge in [0.1, 0.15) is 0 Å². The number of hydrogen-bond donors (Lipinski definition) is 0. The van der Waals surface area contributed by atoms with Crippen LogP contribution in [0.25, 0.3) is 0 Å². The van der Waals surface area contributed by atoms with Gasteiger partial charge in [-0.25, -0.2) is 0 Å². The van der Waals surface area contributed by atoms with Gasteiger partial charge in [-0.2, -0.15) is 0 Å². The van der Waals surface area contributed by atoms with E-state index >= 15 is 0 Å². The summed E-state index contributed by atoms with van der Waals surface area (Å²) in [5.41, 5.74) is 0.611. The van der Waals surface area contributed by atoms with Gasteiger partial charge < -0.3 is 4.90 Å². The summed E-state index contributed by atoms with van der Waals surface area (Å²) in [5.74, 6) is 0. The van der Waals surface area contributed by atoms with Gasteiger partial charge in [0.05, 0.1) is 0 Å².